The summed E-state index contributed by atoms with van der Waals surface area (Å²) in [6.07, 6.45) is 5.03. The summed E-state index contributed by atoms with van der Waals surface area (Å²) >= 11 is 0. The zero-order valence-electron chi connectivity index (χ0n) is 5.60. The molecule has 0 aromatic heterocycles. The van der Waals surface area contributed by atoms with Crippen LogP contribution in [-0.4, -0.2) is 25.3 Å². The Morgan fingerprint density at radius 1 is 1.33 bits per heavy atom. The SMILES string of the molecule is C1CNCC2CC(C1)O2. The molecular formula is C7H13NO. The molecule has 2 unspecified atom stereocenters. The summed E-state index contributed by atoms with van der Waals surface area (Å²) in [5.41, 5.74) is 0. The number of hydrogen-bond donors (Lipinski definition) is 1. The maximum absolute atomic E-state index is 5.52. The molecule has 0 saturated carbocycles. The van der Waals surface area contributed by atoms with Gasteiger partial charge in [-0.2, -0.15) is 0 Å². The van der Waals surface area contributed by atoms with Crippen molar-refractivity contribution in [1.29, 1.82) is 0 Å². The Bertz CT molecular complexity index is 83.6. The molecule has 2 nitrogen and oxygen atoms in total. The van der Waals surface area contributed by atoms with Gasteiger partial charge in [-0.1, -0.05) is 0 Å². The maximum atomic E-state index is 5.52. The Labute approximate surface area is 55.6 Å². The van der Waals surface area contributed by atoms with Crippen LogP contribution >= 0.6 is 0 Å². The van der Waals surface area contributed by atoms with Crippen LogP contribution in [-0.2, 0) is 4.74 Å². The van der Waals surface area contributed by atoms with E-state index in [0.717, 1.165) is 6.54 Å². The van der Waals surface area contributed by atoms with Gasteiger partial charge in [0.15, 0.2) is 0 Å². The Hall–Kier alpha value is -0.0800. The lowest BCUT2D eigenvalue weighted by Gasteiger charge is -2.38. The molecule has 2 heteroatoms. The molecule has 3 heterocycles. The molecule has 3 aliphatic heterocycles. The average molecular weight is 127 g/mol. The van der Waals surface area contributed by atoms with E-state index < -0.39 is 0 Å². The van der Waals surface area contributed by atoms with Crippen LogP contribution in [0.15, 0.2) is 0 Å². The number of hydrogen-bond acceptors (Lipinski definition) is 2. The van der Waals surface area contributed by atoms with E-state index in [2.05, 4.69) is 5.32 Å². The first-order chi connectivity index (χ1) is 4.45. The standard InChI is InChI=1S/C7H13NO/c1-2-6-4-7(9-6)5-8-3-1/h6-8H,1-5H2. The number of ether oxygens (including phenoxy) is 1. The summed E-state index contributed by atoms with van der Waals surface area (Å²) in [5, 5.41) is 3.35. The smallest absolute Gasteiger partial charge is 0.0727 e. The normalized spacial score (nSPS) is 42.7. The van der Waals surface area contributed by atoms with E-state index in [4.69, 9.17) is 4.74 Å². The topological polar surface area (TPSA) is 21.3 Å². The van der Waals surface area contributed by atoms with Gasteiger partial charge in [0, 0.05) is 13.0 Å². The largest absolute Gasteiger partial charge is 0.373 e. The molecule has 0 radical (unpaired) electrons. The molecule has 1 N–H and O–H groups in total. The monoisotopic (exact) mass is 127 g/mol. The molecule has 2 atom stereocenters. The van der Waals surface area contributed by atoms with Crippen molar-refractivity contribution >= 4 is 0 Å². The highest BCUT2D eigenvalue weighted by molar-refractivity contribution is 4.81. The molecule has 3 saturated heterocycles. The van der Waals surface area contributed by atoms with Gasteiger partial charge in [-0.25, -0.2) is 0 Å². The van der Waals surface area contributed by atoms with E-state index in [-0.39, 0.29) is 0 Å². The van der Waals surface area contributed by atoms with Crippen LogP contribution in [0.1, 0.15) is 19.3 Å². The number of rotatable bonds is 0. The molecule has 0 aromatic rings. The van der Waals surface area contributed by atoms with Gasteiger partial charge in [0.1, 0.15) is 0 Å². The zero-order chi connectivity index (χ0) is 6.10. The van der Waals surface area contributed by atoms with Crippen LogP contribution in [0.2, 0.25) is 0 Å². The Kier molecular flexibility index (Phi) is 1.44. The van der Waals surface area contributed by atoms with Crippen LogP contribution < -0.4 is 5.32 Å². The van der Waals surface area contributed by atoms with Gasteiger partial charge >= 0.3 is 0 Å². The van der Waals surface area contributed by atoms with Crippen molar-refractivity contribution in [2.24, 2.45) is 0 Å². The minimum absolute atomic E-state index is 0.551. The fraction of sp³-hybridized carbons (Fsp3) is 1.00. The lowest BCUT2D eigenvalue weighted by atomic mass is 9.98. The van der Waals surface area contributed by atoms with Crippen LogP contribution in [0.5, 0.6) is 0 Å². The first-order valence-electron chi connectivity index (χ1n) is 3.81. The zero-order valence-corrected chi connectivity index (χ0v) is 5.60. The van der Waals surface area contributed by atoms with Gasteiger partial charge in [-0.15, -0.1) is 0 Å². The highest BCUT2D eigenvalue weighted by Gasteiger charge is 2.30. The minimum atomic E-state index is 0.551. The second-order valence-electron chi connectivity index (χ2n) is 2.96. The van der Waals surface area contributed by atoms with Gasteiger partial charge in [-0.3, -0.25) is 0 Å². The van der Waals surface area contributed by atoms with E-state index in [1.807, 2.05) is 0 Å². The first kappa shape index (κ1) is 5.69. The minimum Gasteiger partial charge on any atom is -0.373 e. The summed E-state index contributed by atoms with van der Waals surface area (Å²) in [6.45, 7) is 2.27. The van der Waals surface area contributed by atoms with Gasteiger partial charge in [0.05, 0.1) is 12.2 Å². The molecule has 0 spiro atoms. The molecule has 52 valence electrons. The Morgan fingerprint density at radius 3 is 3.11 bits per heavy atom. The number of fused-ring (bicyclic) bond motifs is 4. The van der Waals surface area contributed by atoms with Crippen LogP contribution in [0, 0.1) is 0 Å². The van der Waals surface area contributed by atoms with E-state index in [9.17, 15) is 0 Å². The van der Waals surface area contributed by atoms with E-state index in [1.165, 1.54) is 25.8 Å². The molecule has 0 amide bonds. The van der Waals surface area contributed by atoms with Crippen molar-refractivity contribution in [3.63, 3.8) is 0 Å². The second-order valence-corrected chi connectivity index (χ2v) is 2.96. The summed E-state index contributed by atoms with van der Waals surface area (Å²) in [6, 6.07) is 0. The predicted molar refractivity (Wildman–Crippen MR) is 35.4 cm³/mol. The Balaban J connectivity index is 1.85. The fourth-order valence-electron chi connectivity index (χ4n) is 1.59. The van der Waals surface area contributed by atoms with Gasteiger partial charge in [-0.05, 0) is 19.4 Å². The summed E-state index contributed by atoms with van der Waals surface area (Å²) in [7, 11) is 0. The molecule has 9 heavy (non-hydrogen) atoms. The van der Waals surface area contributed by atoms with Gasteiger partial charge in [0.25, 0.3) is 0 Å². The molecule has 3 aliphatic rings. The van der Waals surface area contributed by atoms with Crippen molar-refractivity contribution in [3.05, 3.63) is 0 Å². The van der Waals surface area contributed by atoms with Gasteiger partial charge in [0.2, 0.25) is 0 Å². The van der Waals surface area contributed by atoms with E-state index in [0.29, 0.717) is 12.2 Å². The molecule has 0 aromatic carbocycles. The molecule has 3 fully saturated rings. The predicted octanol–water partition coefficient (Wildman–Crippen LogP) is 0.527. The third-order valence-electron chi connectivity index (χ3n) is 2.16. The summed E-state index contributed by atoms with van der Waals surface area (Å²) in [4.78, 5) is 0. The van der Waals surface area contributed by atoms with Crippen LogP contribution in [0.4, 0.5) is 0 Å². The third-order valence-corrected chi connectivity index (χ3v) is 2.16. The molecular weight excluding hydrogens is 114 g/mol. The average Bonchev–Trinajstić information content (AvgIpc) is 1.54. The Morgan fingerprint density at radius 2 is 2.22 bits per heavy atom. The summed E-state index contributed by atoms with van der Waals surface area (Å²) < 4.78 is 5.52. The van der Waals surface area contributed by atoms with Crippen molar-refractivity contribution in [1.82, 2.24) is 5.32 Å². The summed E-state index contributed by atoms with van der Waals surface area (Å²) in [5.74, 6) is 0. The van der Waals surface area contributed by atoms with Crippen LogP contribution in [0.25, 0.3) is 0 Å². The molecule has 2 bridgehead atoms. The van der Waals surface area contributed by atoms with Crippen LogP contribution in [0.3, 0.4) is 0 Å². The highest BCUT2D eigenvalue weighted by Crippen LogP contribution is 2.24. The van der Waals surface area contributed by atoms with E-state index in [1.54, 1.807) is 0 Å². The molecule has 0 aliphatic carbocycles. The third kappa shape index (κ3) is 1.10. The molecule has 3 rings (SSSR count). The maximum Gasteiger partial charge on any atom is 0.0727 e. The lowest BCUT2D eigenvalue weighted by molar-refractivity contribution is -0.129. The highest BCUT2D eigenvalue weighted by atomic mass is 16.5. The second kappa shape index (κ2) is 2.27. The van der Waals surface area contributed by atoms with Crippen molar-refractivity contribution in [2.75, 3.05) is 13.1 Å². The van der Waals surface area contributed by atoms with Crippen molar-refractivity contribution < 1.29 is 4.74 Å². The van der Waals surface area contributed by atoms with Gasteiger partial charge < -0.3 is 10.1 Å². The first-order valence-corrected chi connectivity index (χ1v) is 3.81. The van der Waals surface area contributed by atoms with E-state index >= 15 is 0 Å². The lowest BCUT2D eigenvalue weighted by Crippen LogP contribution is -2.46. The van der Waals surface area contributed by atoms with Crippen molar-refractivity contribution in [2.45, 2.75) is 31.5 Å². The quantitative estimate of drug-likeness (QED) is 0.512. The number of nitrogens with one attached hydrogen (secondary N) is 1. The van der Waals surface area contributed by atoms with Crippen molar-refractivity contribution in [3.8, 4) is 0 Å². The fourth-order valence-corrected chi connectivity index (χ4v) is 1.59.